The van der Waals surface area contributed by atoms with Gasteiger partial charge in [0, 0.05) is 23.9 Å². The highest BCUT2D eigenvalue weighted by atomic mass is 14.8. The first-order valence-electron chi connectivity index (χ1n) is 7.99. The number of hydrogen-bond acceptors (Lipinski definition) is 2. The largest absolute Gasteiger partial charge is 0.327 e. The van der Waals surface area contributed by atoms with Crippen LogP contribution in [0.2, 0.25) is 0 Å². The van der Waals surface area contributed by atoms with Crippen LogP contribution in [-0.4, -0.2) is 11.0 Å². The van der Waals surface area contributed by atoms with Crippen molar-refractivity contribution in [2.75, 3.05) is 0 Å². The molecule has 2 heteroatoms. The van der Waals surface area contributed by atoms with E-state index in [4.69, 9.17) is 5.73 Å². The smallest absolute Gasteiger partial charge is 0.0482 e. The van der Waals surface area contributed by atoms with Gasteiger partial charge in [0.15, 0.2) is 0 Å². The van der Waals surface area contributed by atoms with E-state index in [-0.39, 0.29) is 0 Å². The second kappa shape index (κ2) is 5.62. The second-order valence-corrected chi connectivity index (χ2v) is 6.46. The molecule has 2 nitrogen and oxygen atoms in total. The highest BCUT2D eigenvalue weighted by Gasteiger charge is 2.34. The van der Waals surface area contributed by atoms with Gasteiger partial charge < -0.3 is 5.73 Å². The first-order valence-corrected chi connectivity index (χ1v) is 7.99. The van der Waals surface area contributed by atoms with Gasteiger partial charge in [0.2, 0.25) is 0 Å². The van der Waals surface area contributed by atoms with E-state index in [2.05, 4.69) is 24.0 Å². The minimum atomic E-state index is 0.328. The number of aryl methyl sites for hydroxylation is 1. The first-order chi connectivity index (χ1) is 9.29. The second-order valence-electron chi connectivity index (χ2n) is 6.46. The summed E-state index contributed by atoms with van der Waals surface area (Å²) in [6.07, 6.45) is 11.1. The van der Waals surface area contributed by atoms with Gasteiger partial charge in [-0.1, -0.05) is 32.3 Å². The fraction of sp³-hybridized carbons (Fsp3) is 0.706. The molecule has 3 rings (SSSR count). The lowest BCUT2D eigenvalue weighted by Gasteiger charge is -2.34. The molecular weight excluding hydrogens is 232 g/mol. The topological polar surface area (TPSA) is 38.9 Å². The van der Waals surface area contributed by atoms with E-state index in [1.807, 2.05) is 6.20 Å². The Hall–Kier alpha value is -0.890. The Morgan fingerprint density at radius 2 is 2.05 bits per heavy atom. The van der Waals surface area contributed by atoms with Gasteiger partial charge in [-0.3, -0.25) is 4.98 Å². The van der Waals surface area contributed by atoms with Crippen molar-refractivity contribution in [2.45, 2.75) is 63.8 Å². The van der Waals surface area contributed by atoms with Gasteiger partial charge in [-0.25, -0.2) is 0 Å². The zero-order valence-corrected chi connectivity index (χ0v) is 12.0. The summed E-state index contributed by atoms with van der Waals surface area (Å²) in [5.74, 6) is 2.19. The Morgan fingerprint density at radius 1 is 1.26 bits per heavy atom. The lowest BCUT2D eigenvalue weighted by atomic mass is 9.74. The molecule has 2 aliphatic carbocycles. The van der Waals surface area contributed by atoms with Crippen LogP contribution in [0.5, 0.6) is 0 Å². The van der Waals surface area contributed by atoms with E-state index in [1.54, 1.807) is 0 Å². The Kier molecular flexibility index (Phi) is 3.88. The number of aromatic nitrogens is 1. The Labute approximate surface area is 116 Å². The number of rotatable bonds is 3. The van der Waals surface area contributed by atoms with Gasteiger partial charge in [-0.05, 0) is 49.1 Å². The van der Waals surface area contributed by atoms with E-state index in [9.17, 15) is 0 Å². The standard InChI is InChI=1S/C17H26N2/c1-2-12-5-7-13(8-6-12)16(18)15-10-9-14-4-3-11-19-17(14)15/h3-4,11-13,15-16H,2,5-10,18H2,1H3. The molecule has 2 N–H and O–H groups in total. The summed E-state index contributed by atoms with van der Waals surface area (Å²) in [4.78, 5) is 4.61. The van der Waals surface area contributed by atoms with Crippen LogP contribution in [0.3, 0.4) is 0 Å². The van der Waals surface area contributed by atoms with Gasteiger partial charge in [0.1, 0.15) is 0 Å². The van der Waals surface area contributed by atoms with Crippen molar-refractivity contribution in [2.24, 2.45) is 17.6 Å². The maximum atomic E-state index is 6.62. The molecule has 2 unspecified atom stereocenters. The Morgan fingerprint density at radius 3 is 2.79 bits per heavy atom. The molecular formula is C17H26N2. The van der Waals surface area contributed by atoms with Gasteiger partial charge in [0.05, 0.1) is 0 Å². The van der Waals surface area contributed by atoms with Crippen molar-refractivity contribution >= 4 is 0 Å². The molecule has 0 bridgehead atoms. The maximum absolute atomic E-state index is 6.62. The van der Waals surface area contributed by atoms with Gasteiger partial charge in [0.25, 0.3) is 0 Å². The molecule has 2 atom stereocenters. The van der Waals surface area contributed by atoms with Crippen LogP contribution in [0.25, 0.3) is 0 Å². The fourth-order valence-corrected chi connectivity index (χ4v) is 4.13. The van der Waals surface area contributed by atoms with Crippen molar-refractivity contribution < 1.29 is 0 Å². The minimum absolute atomic E-state index is 0.328. The summed E-state index contributed by atoms with van der Waals surface area (Å²) in [6.45, 7) is 2.32. The summed E-state index contributed by atoms with van der Waals surface area (Å²) in [5, 5.41) is 0. The Balaban J connectivity index is 1.67. The van der Waals surface area contributed by atoms with Crippen LogP contribution < -0.4 is 5.73 Å². The number of hydrogen-bond donors (Lipinski definition) is 1. The molecule has 104 valence electrons. The molecule has 0 amide bonds. The number of nitrogens with two attached hydrogens (primary N) is 1. The summed E-state index contributed by atoms with van der Waals surface area (Å²) in [5.41, 5.74) is 9.35. The van der Waals surface area contributed by atoms with Crippen LogP contribution in [0.1, 0.15) is 62.6 Å². The molecule has 1 heterocycles. The van der Waals surface area contributed by atoms with Crippen LogP contribution in [-0.2, 0) is 6.42 Å². The molecule has 1 saturated carbocycles. The van der Waals surface area contributed by atoms with E-state index in [1.165, 1.54) is 56.2 Å². The highest BCUT2D eigenvalue weighted by Crippen LogP contribution is 2.40. The quantitative estimate of drug-likeness (QED) is 0.898. The van der Waals surface area contributed by atoms with E-state index in [0.717, 1.165) is 11.8 Å². The zero-order valence-electron chi connectivity index (χ0n) is 12.0. The van der Waals surface area contributed by atoms with Crippen molar-refractivity contribution in [3.05, 3.63) is 29.6 Å². The van der Waals surface area contributed by atoms with Crippen LogP contribution >= 0.6 is 0 Å². The summed E-state index contributed by atoms with van der Waals surface area (Å²) < 4.78 is 0. The van der Waals surface area contributed by atoms with Crippen LogP contribution in [0, 0.1) is 11.8 Å². The molecule has 0 radical (unpaired) electrons. The van der Waals surface area contributed by atoms with E-state index >= 15 is 0 Å². The Bertz CT molecular complexity index is 421. The third-order valence-electron chi connectivity index (χ3n) is 5.48. The lowest BCUT2D eigenvalue weighted by Crippen LogP contribution is -2.37. The SMILES string of the molecule is CCC1CCC(C(N)C2CCc3cccnc32)CC1. The number of pyridine rings is 1. The number of nitrogens with zero attached hydrogens (tertiary/aromatic N) is 1. The predicted octanol–water partition coefficient (Wildman–Crippen LogP) is 3.66. The van der Waals surface area contributed by atoms with Crippen molar-refractivity contribution in [1.29, 1.82) is 0 Å². The predicted molar refractivity (Wildman–Crippen MR) is 79.0 cm³/mol. The molecule has 0 spiro atoms. The highest BCUT2D eigenvalue weighted by molar-refractivity contribution is 5.30. The van der Waals surface area contributed by atoms with E-state index < -0.39 is 0 Å². The van der Waals surface area contributed by atoms with Crippen molar-refractivity contribution in [3.63, 3.8) is 0 Å². The average Bonchev–Trinajstić information content (AvgIpc) is 2.90. The molecule has 0 aliphatic heterocycles. The fourth-order valence-electron chi connectivity index (χ4n) is 4.13. The van der Waals surface area contributed by atoms with E-state index in [0.29, 0.717) is 12.0 Å². The lowest BCUT2D eigenvalue weighted by molar-refractivity contribution is 0.221. The monoisotopic (exact) mass is 258 g/mol. The maximum Gasteiger partial charge on any atom is 0.0482 e. The van der Waals surface area contributed by atoms with Crippen LogP contribution in [0.4, 0.5) is 0 Å². The molecule has 1 fully saturated rings. The minimum Gasteiger partial charge on any atom is -0.327 e. The molecule has 1 aromatic heterocycles. The third kappa shape index (κ3) is 2.55. The average molecular weight is 258 g/mol. The molecule has 0 saturated heterocycles. The molecule has 19 heavy (non-hydrogen) atoms. The zero-order chi connectivity index (χ0) is 13.2. The first kappa shape index (κ1) is 13.1. The molecule has 1 aromatic rings. The third-order valence-corrected chi connectivity index (χ3v) is 5.48. The normalized spacial score (nSPS) is 32.0. The van der Waals surface area contributed by atoms with Gasteiger partial charge in [-0.2, -0.15) is 0 Å². The number of fused-ring (bicyclic) bond motifs is 1. The molecule has 2 aliphatic rings. The molecule has 0 aromatic carbocycles. The summed E-state index contributed by atoms with van der Waals surface area (Å²) in [7, 11) is 0. The summed E-state index contributed by atoms with van der Waals surface area (Å²) in [6, 6.07) is 4.61. The van der Waals surface area contributed by atoms with Gasteiger partial charge >= 0.3 is 0 Å². The summed E-state index contributed by atoms with van der Waals surface area (Å²) >= 11 is 0. The van der Waals surface area contributed by atoms with Crippen LogP contribution in [0.15, 0.2) is 18.3 Å². The van der Waals surface area contributed by atoms with Gasteiger partial charge in [-0.15, -0.1) is 0 Å². The van der Waals surface area contributed by atoms with Crippen molar-refractivity contribution in [3.8, 4) is 0 Å². The van der Waals surface area contributed by atoms with Crippen molar-refractivity contribution in [1.82, 2.24) is 4.98 Å².